The lowest BCUT2D eigenvalue weighted by Crippen LogP contribution is -2.22. The second-order valence-corrected chi connectivity index (χ2v) is 17.4. The molecule has 65 heavy (non-hydrogen) atoms. The first-order chi connectivity index (χ1) is 32.1. The number of rotatable bonds is 8. The average Bonchev–Trinajstić information content (AvgIpc) is 3.65. The lowest BCUT2D eigenvalue weighted by Gasteiger charge is -2.28. The Bertz CT molecular complexity index is 3520. The monoisotopic (exact) mass is 827 g/mol. The summed E-state index contributed by atoms with van der Waals surface area (Å²) in [6, 6.07) is 93.4. The van der Waals surface area contributed by atoms with Crippen molar-refractivity contribution in [2.75, 3.05) is 4.90 Å². The fourth-order valence-corrected chi connectivity index (χ4v) is 10.5. The molecule has 1 aliphatic rings. The first-order valence-corrected chi connectivity index (χ1v) is 22.6. The van der Waals surface area contributed by atoms with Crippen molar-refractivity contribution in [3.8, 4) is 55.6 Å². The second kappa shape index (κ2) is 15.8. The molecule has 306 valence electrons. The summed E-state index contributed by atoms with van der Waals surface area (Å²) in [5, 5.41) is 5.03. The maximum absolute atomic E-state index is 2.39. The van der Waals surface area contributed by atoms with Crippen LogP contribution in [0.3, 0.4) is 0 Å². The van der Waals surface area contributed by atoms with Gasteiger partial charge < -0.3 is 4.90 Å². The molecule has 0 radical (unpaired) electrons. The van der Waals surface area contributed by atoms with Gasteiger partial charge in [-0.05, 0) is 137 Å². The van der Waals surface area contributed by atoms with Crippen molar-refractivity contribution >= 4 is 38.6 Å². The highest BCUT2D eigenvalue weighted by atomic mass is 15.1. The molecule has 0 N–H and O–H groups in total. The quantitative estimate of drug-likeness (QED) is 0.147. The summed E-state index contributed by atoms with van der Waals surface area (Å²) in [6.07, 6.45) is 0. The Kier molecular flexibility index (Phi) is 9.35. The van der Waals surface area contributed by atoms with Crippen molar-refractivity contribution in [3.63, 3.8) is 0 Å². The topological polar surface area (TPSA) is 3.24 Å². The summed E-state index contributed by atoms with van der Waals surface area (Å²) in [4.78, 5) is 2.39. The average molecular weight is 828 g/mol. The molecule has 1 heteroatoms. The van der Waals surface area contributed by atoms with Crippen LogP contribution in [0.15, 0.2) is 255 Å². The lowest BCUT2D eigenvalue weighted by molar-refractivity contribution is 0.714. The molecule has 0 saturated heterocycles. The van der Waals surface area contributed by atoms with Crippen LogP contribution >= 0.6 is 0 Å². The van der Waals surface area contributed by atoms with E-state index in [0.717, 1.165) is 17.1 Å². The predicted octanol–water partition coefficient (Wildman–Crippen LogP) is 17.5. The Morgan fingerprint density at radius 3 is 1.38 bits per heavy atom. The fraction of sp³-hybridized carbons (Fsp3) is 0.0312. The van der Waals surface area contributed by atoms with Crippen LogP contribution < -0.4 is 4.90 Å². The van der Waals surface area contributed by atoms with Crippen molar-refractivity contribution < 1.29 is 0 Å². The SMILES string of the molecule is CC1(c2ccccc2)c2ccccc2-c2c(-c3ccc(N(c4ccc(-c5cccc6ccccc56)cc4)c4cccc(-c5ccc(-c6cccc7ccccc67)cc5)c4)cc3)cccc21. The van der Waals surface area contributed by atoms with Gasteiger partial charge in [0.05, 0.1) is 0 Å². The number of hydrogen-bond acceptors (Lipinski definition) is 1. The van der Waals surface area contributed by atoms with E-state index in [0.29, 0.717) is 0 Å². The normalized spacial score (nSPS) is 14.0. The molecule has 0 saturated carbocycles. The Morgan fingerprint density at radius 2 is 0.738 bits per heavy atom. The molecule has 0 aromatic heterocycles. The summed E-state index contributed by atoms with van der Waals surface area (Å²) in [7, 11) is 0. The van der Waals surface area contributed by atoms with Crippen LogP contribution in [0.1, 0.15) is 23.6 Å². The van der Waals surface area contributed by atoms with Crippen molar-refractivity contribution in [1.82, 2.24) is 0 Å². The zero-order valence-electron chi connectivity index (χ0n) is 36.2. The first kappa shape index (κ1) is 38.4. The molecule has 1 nitrogen and oxygen atoms in total. The molecule has 0 amide bonds. The molecule has 0 heterocycles. The van der Waals surface area contributed by atoms with E-state index in [4.69, 9.17) is 0 Å². The van der Waals surface area contributed by atoms with E-state index in [9.17, 15) is 0 Å². The van der Waals surface area contributed by atoms with Crippen molar-refractivity contribution in [2.45, 2.75) is 12.3 Å². The van der Waals surface area contributed by atoms with Gasteiger partial charge in [0.15, 0.2) is 0 Å². The molecule has 1 unspecified atom stereocenters. The molecule has 0 aliphatic heterocycles. The molecule has 0 spiro atoms. The van der Waals surface area contributed by atoms with Crippen LogP contribution in [0.5, 0.6) is 0 Å². The second-order valence-electron chi connectivity index (χ2n) is 17.4. The third kappa shape index (κ3) is 6.55. The smallest absolute Gasteiger partial charge is 0.0467 e. The van der Waals surface area contributed by atoms with Gasteiger partial charge in [0, 0.05) is 22.5 Å². The molecule has 0 bridgehead atoms. The lowest BCUT2D eigenvalue weighted by atomic mass is 9.74. The van der Waals surface area contributed by atoms with Gasteiger partial charge in [0.2, 0.25) is 0 Å². The highest BCUT2D eigenvalue weighted by molar-refractivity contribution is 5.99. The van der Waals surface area contributed by atoms with Gasteiger partial charge in [-0.1, -0.05) is 218 Å². The molecular weight excluding hydrogens is 783 g/mol. The Hall–Kier alpha value is -8.26. The van der Waals surface area contributed by atoms with E-state index >= 15 is 0 Å². The van der Waals surface area contributed by atoms with E-state index in [1.807, 2.05) is 0 Å². The third-order valence-electron chi connectivity index (χ3n) is 13.8. The van der Waals surface area contributed by atoms with E-state index < -0.39 is 0 Å². The summed E-state index contributed by atoms with van der Waals surface area (Å²) in [5.74, 6) is 0. The summed E-state index contributed by atoms with van der Waals surface area (Å²) in [6.45, 7) is 2.39. The molecular formula is C64H45N. The Balaban J connectivity index is 0.945. The highest BCUT2D eigenvalue weighted by Crippen LogP contribution is 2.55. The number of benzene rings is 11. The highest BCUT2D eigenvalue weighted by Gasteiger charge is 2.41. The van der Waals surface area contributed by atoms with E-state index in [2.05, 4.69) is 267 Å². The largest absolute Gasteiger partial charge is 0.310 e. The van der Waals surface area contributed by atoms with Gasteiger partial charge in [0.1, 0.15) is 0 Å². The summed E-state index contributed by atoms with van der Waals surface area (Å²) in [5.41, 5.74) is 19.4. The zero-order valence-corrected chi connectivity index (χ0v) is 36.2. The molecule has 12 rings (SSSR count). The van der Waals surface area contributed by atoms with Crippen molar-refractivity contribution in [2.24, 2.45) is 0 Å². The van der Waals surface area contributed by atoms with E-state index in [-0.39, 0.29) is 5.41 Å². The van der Waals surface area contributed by atoms with Crippen LogP contribution in [0.2, 0.25) is 0 Å². The number of hydrogen-bond donors (Lipinski definition) is 0. The zero-order chi connectivity index (χ0) is 43.3. The predicted molar refractivity (Wildman–Crippen MR) is 275 cm³/mol. The molecule has 1 aliphatic carbocycles. The number of nitrogens with zero attached hydrogens (tertiary/aromatic N) is 1. The molecule has 1 atom stereocenters. The van der Waals surface area contributed by atoms with Crippen LogP contribution in [0.25, 0.3) is 77.2 Å². The van der Waals surface area contributed by atoms with E-state index in [1.165, 1.54) is 93.9 Å². The van der Waals surface area contributed by atoms with Crippen LogP contribution in [0, 0.1) is 0 Å². The summed E-state index contributed by atoms with van der Waals surface area (Å²) >= 11 is 0. The van der Waals surface area contributed by atoms with Crippen LogP contribution in [-0.2, 0) is 5.41 Å². The van der Waals surface area contributed by atoms with Crippen LogP contribution in [0.4, 0.5) is 17.1 Å². The van der Waals surface area contributed by atoms with E-state index in [1.54, 1.807) is 0 Å². The standard InChI is InChI=1S/C64H45N/c1-64(51-20-3-2-4-21-51)61-29-10-9-25-60(61)63-59(28-14-30-62(63)64)49-37-41-53(42-38-49)65(52-39-35-48(36-40-52)58-27-13-18-46-16-6-8-24-56(46)58)54-22-11-19-50(43-54)44-31-33-47(34-32-44)57-26-12-17-45-15-5-7-23-55(45)57/h2-43H,1H3. The minimum atomic E-state index is -0.251. The third-order valence-corrected chi connectivity index (χ3v) is 13.8. The van der Waals surface area contributed by atoms with Gasteiger partial charge in [-0.15, -0.1) is 0 Å². The first-order valence-electron chi connectivity index (χ1n) is 22.6. The number of fused-ring (bicyclic) bond motifs is 5. The van der Waals surface area contributed by atoms with Gasteiger partial charge in [0.25, 0.3) is 0 Å². The molecule has 11 aromatic rings. The van der Waals surface area contributed by atoms with Gasteiger partial charge in [-0.2, -0.15) is 0 Å². The molecule has 11 aromatic carbocycles. The minimum absolute atomic E-state index is 0.251. The summed E-state index contributed by atoms with van der Waals surface area (Å²) < 4.78 is 0. The van der Waals surface area contributed by atoms with Crippen molar-refractivity contribution in [1.29, 1.82) is 0 Å². The van der Waals surface area contributed by atoms with Crippen molar-refractivity contribution in [3.05, 3.63) is 271 Å². The Labute approximate surface area is 381 Å². The fourth-order valence-electron chi connectivity index (χ4n) is 10.5. The van der Waals surface area contributed by atoms with Gasteiger partial charge >= 0.3 is 0 Å². The number of anilines is 3. The van der Waals surface area contributed by atoms with Gasteiger partial charge in [-0.25, -0.2) is 0 Å². The minimum Gasteiger partial charge on any atom is -0.310 e. The Morgan fingerprint density at radius 1 is 0.292 bits per heavy atom. The van der Waals surface area contributed by atoms with Crippen LogP contribution in [-0.4, -0.2) is 0 Å². The molecule has 0 fully saturated rings. The maximum Gasteiger partial charge on any atom is 0.0467 e. The van der Waals surface area contributed by atoms with Gasteiger partial charge in [-0.3, -0.25) is 0 Å². The maximum atomic E-state index is 2.39.